The number of carbonyl (C=O) groups excluding carboxylic acids is 1. The molecule has 2 N–H and O–H groups in total. The summed E-state index contributed by atoms with van der Waals surface area (Å²) in [5.74, 6) is 0.720. The molecular formula is C17H25N5O. The molecule has 0 saturated carbocycles. The molecule has 2 amide bonds. The van der Waals surface area contributed by atoms with Crippen molar-refractivity contribution in [1.82, 2.24) is 25.4 Å². The molecule has 6 heteroatoms. The highest BCUT2D eigenvalue weighted by molar-refractivity contribution is 5.74. The SMILES string of the molecule is Cc1ccc(C(C)(C)CNC(=O)N[C@H](C)c2nncn2C)cc1. The van der Waals surface area contributed by atoms with Crippen LogP contribution in [0.15, 0.2) is 30.6 Å². The number of urea groups is 1. The Morgan fingerprint density at radius 2 is 1.96 bits per heavy atom. The summed E-state index contributed by atoms with van der Waals surface area (Å²) in [6.45, 7) is 8.73. The third kappa shape index (κ3) is 4.31. The molecule has 1 heterocycles. The summed E-state index contributed by atoms with van der Waals surface area (Å²) in [7, 11) is 1.85. The van der Waals surface area contributed by atoms with Crippen molar-refractivity contribution >= 4 is 6.03 Å². The van der Waals surface area contributed by atoms with Gasteiger partial charge in [-0.25, -0.2) is 4.79 Å². The third-order valence-corrected chi connectivity index (χ3v) is 4.01. The molecule has 0 bridgehead atoms. The molecule has 1 aromatic carbocycles. The zero-order valence-electron chi connectivity index (χ0n) is 14.4. The highest BCUT2D eigenvalue weighted by Crippen LogP contribution is 2.22. The van der Waals surface area contributed by atoms with E-state index in [1.165, 1.54) is 11.1 Å². The Kier molecular flexibility index (Phi) is 5.03. The predicted octanol–water partition coefficient (Wildman–Crippen LogP) is 2.46. The number of amides is 2. The van der Waals surface area contributed by atoms with Crippen molar-refractivity contribution in [1.29, 1.82) is 0 Å². The Labute approximate surface area is 137 Å². The van der Waals surface area contributed by atoms with E-state index in [1.807, 2.05) is 14.0 Å². The maximum Gasteiger partial charge on any atom is 0.315 e. The fourth-order valence-corrected chi connectivity index (χ4v) is 2.40. The molecule has 0 saturated heterocycles. The Bertz CT molecular complexity index is 660. The highest BCUT2D eigenvalue weighted by Gasteiger charge is 2.22. The largest absolute Gasteiger partial charge is 0.337 e. The van der Waals surface area contributed by atoms with Crippen LogP contribution in [0.25, 0.3) is 0 Å². The lowest BCUT2D eigenvalue weighted by Crippen LogP contribution is -2.43. The first-order chi connectivity index (χ1) is 10.8. The van der Waals surface area contributed by atoms with Gasteiger partial charge in [-0.15, -0.1) is 10.2 Å². The average molecular weight is 315 g/mol. The van der Waals surface area contributed by atoms with Crippen molar-refractivity contribution in [2.45, 2.75) is 39.2 Å². The fraction of sp³-hybridized carbons (Fsp3) is 0.471. The highest BCUT2D eigenvalue weighted by atomic mass is 16.2. The first-order valence-corrected chi connectivity index (χ1v) is 7.75. The van der Waals surface area contributed by atoms with E-state index in [0.717, 1.165) is 5.82 Å². The molecule has 1 aromatic heterocycles. The van der Waals surface area contributed by atoms with Crippen LogP contribution in [0.1, 0.15) is 43.8 Å². The van der Waals surface area contributed by atoms with Crippen LogP contribution in [-0.2, 0) is 12.5 Å². The van der Waals surface area contributed by atoms with E-state index in [1.54, 1.807) is 10.9 Å². The normalized spacial score (nSPS) is 12.7. The number of hydrogen-bond acceptors (Lipinski definition) is 3. The molecule has 0 aliphatic rings. The van der Waals surface area contributed by atoms with Gasteiger partial charge in [-0.2, -0.15) is 0 Å². The lowest BCUT2D eigenvalue weighted by molar-refractivity contribution is 0.234. The number of nitrogens with zero attached hydrogens (tertiary/aromatic N) is 3. The van der Waals surface area contributed by atoms with Gasteiger partial charge in [0.25, 0.3) is 0 Å². The molecule has 0 aliphatic heterocycles. The van der Waals surface area contributed by atoms with Gasteiger partial charge in [0.1, 0.15) is 6.33 Å². The molecule has 0 spiro atoms. The number of benzene rings is 1. The minimum absolute atomic E-state index is 0.140. The van der Waals surface area contributed by atoms with Crippen LogP contribution in [0.5, 0.6) is 0 Å². The molecule has 6 nitrogen and oxygen atoms in total. The lowest BCUT2D eigenvalue weighted by Gasteiger charge is -2.26. The molecule has 2 aromatic rings. The summed E-state index contributed by atoms with van der Waals surface area (Å²) in [5, 5.41) is 13.7. The van der Waals surface area contributed by atoms with E-state index in [4.69, 9.17) is 0 Å². The van der Waals surface area contributed by atoms with Crippen molar-refractivity contribution < 1.29 is 4.79 Å². The zero-order chi connectivity index (χ0) is 17.0. The Morgan fingerprint density at radius 1 is 1.30 bits per heavy atom. The molecule has 2 rings (SSSR count). The Hall–Kier alpha value is -2.37. The molecule has 23 heavy (non-hydrogen) atoms. The second kappa shape index (κ2) is 6.81. The molecule has 0 unspecified atom stereocenters. The quantitative estimate of drug-likeness (QED) is 0.890. The standard InChI is InChI=1S/C17H25N5O/c1-12-6-8-14(9-7-12)17(3,4)10-18-16(23)20-13(2)15-21-19-11-22(15)5/h6-9,11,13H,10H2,1-5H3,(H2,18,20,23)/t13-/m1/s1. The van der Waals surface area contributed by atoms with Crippen LogP contribution < -0.4 is 10.6 Å². The maximum atomic E-state index is 12.1. The maximum absolute atomic E-state index is 12.1. The summed E-state index contributed by atoms with van der Waals surface area (Å²) in [6.07, 6.45) is 1.62. The van der Waals surface area contributed by atoms with Crippen LogP contribution in [0, 0.1) is 6.92 Å². The molecule has 1 atom stereocenters. The number of nitrogens with one attached hydrogen (secondary N) is 2. The van der Waals surface area contributed by atoms with Gasteiger partial charge in [0.05, 0.1) is 6.04 Å². The van der Waals surface area contributed by atoms with Gasteiger partial charge in [0.15, 0.2) is 5.82 Å². The van der Waals surface area contributed by atoms with Gasteiger partial charge < -0.3 is 15.2 Å². The van der Waals surface area contributed by atoms with Gasteiger partial charge in [0.2, 0.25) is 0 Å². The van der Waals surface area contributed by atoms with E-state index in [-0.39, 0.29) is 17.5 Å². The van der Waals surface area contributed by atoms with Crippen molar-refractivity contribution in [3.8, 4) is 0 Å². The molecule has 0 radical (unpaired) electrons. The minimum atomic E-state index is -0.208. The first kappa shape index (κ1) is 17.0. The number of hydrogen-bond donors (Lipinski definition) is 2. The zero-order valence-corrected chi connectivity index (χ0v) is 14.4. The van der Waals surface area contributed by atoms with E-state index in [9.17, 15) is 4.79 Å². The van der Waals surface area contributed by atoms with Gasteiger partial charge in [0, 0.05) is 19.0 Å². The minimum Gasteiger partial charge on any atom is -0.337 e. The van der Waals surface area contributed by atoms with Crippen molar-refractivity contribution in [3.05, 3.63) is 47.5 Å². The summed E-state index contributed by atoms with van der Waals surface area (Å²) >= 11 is 0. The number of aryl methyl sites for hydroxylation is 2. The second-order valence-corrected chi connectivity index (χ2v) is 6.60. The van der Waals surface area contributed by atoms with Crippen LogP contribution in [-0.4, -0.2) is 27.3 Å². The van der Waals surface area contributed by atoms with E-state index >= 15 is 0 Å². The van der Waals surface area contributed by atoms with Crippen molar-refractivity contribution in [3.63, 3.8) is 0 Å². The van der Waals surface area contributed by atoms with Crippen LogP contribution in [0.4, 0.5) is 4.79 Å². The summed E-state index contributed by atoms with van der Waals surface area (Å²) in [4.78, 5) is 12.1. The van der Waals surface area contributed by atoms with Crippen molar-refractivity contribution in [2.75, 3.05) is 6.54 Å². The van der Waals surface area contributed by atoms with E-state index in [0.29, 0.717) is 6.54 Å². The smallest absolute Gasteiger partial charge is 0.315 e. The Balaban J connectivity index is 1.90. The molecule has 124 valence electrons. The van der Waals surface area contributed by atoms with Crippen molar-refractivity contribution in [2.24, 2.45) is 7.05 Å². The molecule has 0 aliphatic carbocycles. The van der Waals surface area contributed by atoms with Gasteiger partial charge >= 0.3 is 6.03 Å². The number of carbonyl (C=O) groups is 1. The molecular weight excluding hydrogens is 290 g/mol. The summed E-state index contributed by atoms with van der Waals surface area (Å²) in [5.41, 5.74) is 2.29. The summed E-state index contributed by atoms with van der Waals surface area (Å²) in [6, 6.07) is 7.99. The van der Waals surface area contributed by atoms with E-state index < -0.39 is 0 Å². The summed E-state index contributed by atoms with van der Waals surface area (Å²) < 4.78 is 1.79. The number of aromatic nitrogens is 3. The van der Waals surface area contributed by atoms with Gasteiger partial charge in [-0.3, -0.25) is 0 Å². The van der Waals surface area contributed by atoms with Gasteiger partial charge in [-0.1, -0.05) is 43.7 Å². The first-order valence-electron chi connectivity index (χ1n) is 7.75. The molecule has 0 fully saturated rings. The average Bonchev–Trinajstić information content (AvgIpc) is 2.92. The second-order valence-electron chi connectivity index (χ2n) is 6.60. The number of rotatable bonds is 5. The fourth-order valence-electron chi connectivity index (χ4n) is 2.40. The third-order valence-electron chi connectivity index (χ3n) is 4.01. The van der Waals surface area contributed by atoms with Gasteiger partial charge in [-0.05, 0) is 19.4 Å². The van der Waals surface area contributed by atoms with E-state index in [2.05, 4.69) is 65.9 Å². The topological polar surface area (TPSA) is 71.8 Å². The monoisotopic (exact) mass is 315 g/mol. The predicted molar refractivity (Wildman–Crippen MR) is 90.2 cm³/mol. The Morgan fingerprint density at radius 3 is 2.52 bits per heavy atom. The van der Waals surface area contributed by atoms with Crippen LogP contribution >= 0.6 is 0 Å². The van der Waals surface area contributed by atoms with Crippen LogP contribution in [0.2, 0.25) is 0 Å². The lowest BCUT2D eigenvalue weighted by atomic mass is 9.84. The van der Waals surface area contributed by atoms with Crippen LogP contribution in [0.3, 0.4) is 0 Å².